The third-order valence-electron chi connectivity index (χ3n) is 12.6. The Bertz CT molecular complexity index is 3330. The number of allylic oxidation sites excluding steroid dienone is 2. The molecule has 1 aromatic heterocycles. The standard InChI is InChI=1S/C58H40N2O/c1-2-17-47-40(13-1)14-12-22-48(47)41-29-27-39(28-30-41)42-15-11-16-46(37-42)59(44-32-34-45(35-33-44)60-55-24-8-4-19-50(55)51-20-5-9-25-56(51)60)54-23-7-3-18-49(54)43-31-36-58-53(38-43)52-21-6-10-26-57(52)61-58/h1-38,50,55H. The van der Waals surface area contributed by atoms with Gasteiger partial charge in [0.25, 0.3) is 0 Å². The predicted octanol–water partition coefficient (Wildman–Crippen LogP) is 15.9. The Hall–Kier alpha value is -7.88. The van der Waals surface area contributed by atoms with Crippen LogP contribution in [-0.2, 0) is 0 Å². The largest absolute Gasteiger partial charge is 0.456 e. The Kier molecular flexibility index (Phi) is 8.31. The number of fused-ring (bicyclic) bond motifs is 7. The lowest BCUT2D eigenvalue weighted by Crippen LogP contribution is -2.28. The van der Waals surface area contributed by atoms with Crippen LogP contribution in [0.4, 0.5) is 28.4 Å². The Morgan fingerprint density at radius 1 is 0.426 bits per heavy atom. The second-order valence-corrected chi connectivity index (χ2v) is 16.0. The summed E-state index contributed by atoms with van der Waals surface area (Å²) >= 11 is 0. The molecule has 2 aliphatic rings. The van der Waals surface area contributed by atoms with Crippen molar-refractivity contribution in [3.05, 3.63) is 236 Å². The molecular weight excluding hydrogens is 741 g/mol. The average Bonchev–Trinajstić information content (AvgIpc) is 3.88. The molecule has 0 spiro atoms. The van der Waals surface area contributed by atoms with Crippen molar-refractivity contribution in [1.29, 1.82) is 0 Å². The maximum absolute atomic E-state index is 6.25. The highest BCUT2D eigenvalue weighted by Crippen LogP contribution is 2.49. The maximum atomic E-state index is 6.25. The van der Waals surface area contributed by atoms with E-state index in [4.69, 9.17) is 4.42 Å². The monoisotopic (exact) mass is 780 g/mol. The predicted molar refractivity (Wildman–Crippen MR) is 256 cm³/mol. The van der Waals surface area contributed by atoms with Crippen LogP contribution in [0, 0.1) is 0 Å². The van der Waals surface area contributed by atoms with Crippen molar-refractivity contribution in [1.82, 2.24) is 0 Å². The van der Waals surface area contributed by atoms with Crippen molar-refractivity contribution in [2.75, 3.05) is 9.80 Å². The molecule has 0 N–H and O–H groups in total. The average molecular weight is 781 g/mol. The lowest BCUT2D eigenvalue weighted by Gasteiger charge is -2.31. The van der Waals surface area contributed by atoms with Crippen molar-refractivity contribution in [2.45, 2.75) is 12.0 Å². The van der Waals surface area contributed by atoms with Crippen LogP contribution in [0.2, 0.25) is 0 Å². The number of nitrogens with zero attached hydrogens (tertiary/aromatic N) is 2. The van der Waals surface area contributed by atoms with E-state index in [1.165, 1.54) is 44.4 Å². The van der Waals surface area contributed by atoms with E-state index < -0.39 is 0 Å². The van der Waals surface area contributed by atoms with Gasteiger partial charge in [0.2, 0.25) is 0 Å². The van der Waals surface area contributed by atoms with E-state index in [0.717, 1.165) is 55.7 Å². The van der Waals surface area contributed by atoms with Crippen LogP contribution in [0.1, 0.15) is 11.5 Å². The molecule has 0 radical (unpaired) electrons. The number of hydrogen-bond acceptors (Lipinski definition) is 3. The van der Waals surface area contributed by atoms with Crippen molar-refractivity contribution in [3.63, 3.8) is 0 Å². The normalized spacial score (nSPS) is 15.4. The summed E-state index contributed by atoms with van der Waals surface area (Å²) in [4.78, 5) is 4.91. The van der Waals surface area contributed by atoms with Crippen LogP contribution in [0.3, 0.4) is 0 Å². The molecule has 0 amide bonds. The Balaban J connectivity index is 0.974. The minimum absolute atomic E-state index is 0.239. The summed E-state index contributed by atoms with van der Waals surface area (Å²) in [6.45, 7) is 0. The number of benzene rings is 9. The fraction of sp³-hybridized carbons (Fsp3) is 0.0345. The van der Waals surface area contributed by atoms with Crippen molar-refractivity contribution >= 4 is 61.1 Å². The third kappa shape index (κ3) is 5.97. The summed E-state index contributed by atoms with van der Waals surface area (Å²) in [5.74, 6) is 0.331. The maximum Gasteiger partial charge on any atom is 0.135 e. The fourth-order valence-corrected chi connectivity index (χ4v) is 9.73. The van der Waals surface area contributed by atoms with Gasteiger partial charge in [-0.05, 0) is 111 Å². The lowest BCUT2D eigenvalue weighted by molar-refractivity contribution is 0.669. The number of furan rings is 1. The lowest BCUT2D eigenvalue weighted by atomic mass is 9.91. The second-order valence-electron chi connectivity index (χ2n) is 16.0. The number of hydrogen-bond donors (Lipinski definition) is 0. The van der Waals surface area contributed by atoms with E-state index in [1.807, 2.05) is 12.1 Å². The van der Waals surface area contributed by atoms with Gasteiger partial charge in [-0.1, -0.05) is 164 Å². The molecule has 61 heavy (non-hydrogen) atoms. The SMILES string of the molecule is C1=CC2c3ccccc3N(c3ccc(N(c4cccc(-c5ccc(-c6cccc7ccccc67)cc5)c4)c4ccccc4-c4ccc5oc6ccccc6c5c4)cc3)C2C=C1. The molecule has 2 atom stereocenters. The molecule has 1 aliphatic carbocycles. The first-order chi connectivity index (χ1) is 30.2. The fourth-order valence-electron chi connectivity index (χ4n) is 9.73. The van der Waals surface area contributed by atoms with E-state index in [1.54, 1.807) is 0 Å². The molecule has 2 heterocycles. The first-order valence-corrected chi connectivity index (χ1v) is 21.1. The Morgan fingerprint density at radius 3 is 2.03 bits per heavy atom. The summed E-state index contributed by atoms with van der Waals surface area (Å²) in [7, 11) is 0. The summed E-state index contributed by atoms with van der Waals surface area (Å²) in [5, 5.41) is 4.75. The quantitative estimate of drug-likeness (QED) is 0.161. The zero-order valence-corrected chi connectivity index (χ0v) is 33.4. The van der Waals surface area contributed by atoms with Gasteiger partial charge in [-0.25, -0.2) is 0 Å². The molecule has 3 heteroatoms. The number of para-hydroxylation sites is 3. The Labute approximate surface area is 355 Å². The molecule has 0 saturated heterocycles. The van der Waals surface area contributed by atoms with Gasteiger partial charge in [-0.15, -0.1) is 0 Å². The van der Waals surface area contributed by atoms with Crippen LogP contribution in [0.15, 0.2) is 235 Å². The van der Waals surface area contributed by atoms with Gasteiger partial charge in [-0.2, -0.15) is 0 Å². The highest BCUT2D eigenvalue weighted by Gasteiger charge is 2.37. The Morgan fingerprint density at radius 2 is 1.11 bits per heavy atom. The molecule has 0 fully saturated rings. The molecule has 1 aliphatic heterocycles. The second kappa shape index (κ2) is 14.4. The van der Waals surface area contributed by atoms with E-state index in [9.17, 15) is 0 Å². The topological polar surface area (TPSA) is 19.6 Å². The van der Waals surface area contributed by atoms with Crippen molar-refractivity contribution < 1.29 is 4.42 Å². The van der Waals surface area contributed by atoms with Gasteiger partial charge in [0.05, 0.1) is 11.7 Å². The van der Waals surface area contributed by atoms with Crippen molar-refractivity contribution in [3.8, 4) is 33.4 Å². The van der Waals surface area contributed by atoms with E-state index in [-0.39, 0.29) is 6.04 Å². The van der Waals surface area contributed by atoms with E-state index >= 15 is 0 Å². The highest BCUT2D eigenvalue weighted by molar-refractivity contribution is 6.07. The summed E-state index contributed by atoms with van der Waals surface area (Å²) in [6, 6.07) is 75.0. The minimum Gasteiger partial charge on any atom is -0.456 e. The van der Waals surface area contributed by atoms with Gasteiger partial charge in [0, 0.05) is 45.0 Å². The first-order valence-electron chi connectivity index (χ1n) is 21.1. The summed E-state index contributed by atoms with van der Waals surface area (Å²) < 4.78 is 6.25. The summed E-state index contributed by atoms with van der Waals surface area (Å²) in [6.07, 6.45) is 9.03. The summed E-state index contributed by atoms with van der Waals surface area (Å²) in [5.41, 5.74) is 15.9. The van der Waals surface area contributed by atoms with Crippen LogP contribution in [0.5, 0.6) is 0 Å². The van der Waals surface area contributed by atoms with Crippen LogP contribution < -0.4 is 9.80 Å². The molecule has 288 valence electrons. The number of anilines is 5. The molecule has 9 aromatic carbocycles. The molecule has 0 saturated carbocycles. The van der Waals surface area contributed by atoms with Crippen LogP contribution >= 0.6 is 0 Å². The molecular formula is C58H40N2O. The molecule has 10 aromatic rings. The van der Waals surface area contributed by atoms with Gasteiger partial charge >= 0.3 is 0 Å². The van der Waals surface area contributed by atoms with E-state index in [2.05, 4.69) is 228 Å². The van der Waals surface area contributed by atoms with Crippen LogP contribution in [0.25, 0.3) is 66.1 Å². The smallest absolute Gasteiger partial charge is 0.135 e. The van der Waals surface area contributed by atoms with Gasteiger partial charge in [0.15, 0.2) is 0 Å². The minimum atomic E-state index is 0.239. The van der Waals surface area contributed by atoms with Gasteiger partial charge in [-0.3, -0.25) is 0 Å². The molecule has 12 rings (SSSR count). The van der Waals surface area contributed by atoms with Gasteiger partial charge in [0.1, 0.15) is 11.2 Å². The number of rotatable bonds is 7. The van der Waals surface area contributed by atoms with Gasteiger partial charge < -0.3 is 14.2 Å². The molecule has 2 unspecified atom stereocenters. The molecule has 0 bridgehead atoms. The van der Waals surface area contributed by atoms with Crippen molar-refractivity contribution in [2.24, 2.45) is 0 Å². The third-order valence-corrected chi connectivity index (χ3v) is 12.6. The zero-order valence-electron chi connectivity index (χ0n) is 33.4. The zero-order chi connectivity index (χ0) is 40.3. The van der Waals surface area contributed by atoms with E-state index in [0.29, 0.717) is 5.92 Å². The van der Waals surface area contributed by atoms with Crippen LogP contribution in [-0.4, -0.2) is 6.04 Å². The first kappa shape index (κ1) is 35.1. The highest BCUT2D eigenvalue weighted by atomic mass is 16.3. The molecule has 3 nitrogen and oxygen atoms in total.